The number of fused-ring (bicyclic) bond motifs is 2. The zero-order valence-corrected chi connectivity index (χ0v) is 14.3. The third-order valence-electron chi connectivity index (χ3n) is 5.40. The quantitative estimate of drug-likeness (QED) is 0.929. The van der Waals surface area contributed by atoms with Crippen LogP contribution in [0, 0.1) is 0 Å². The van der Waals surface area contributed by atoms with Crippen molar-refractivity contribution >= 4 is 16.5 Å². The average molecular weight is 308 g/mol. The largest absolute Gasteiger partial charge is 0.346 e. The first kappa shape index (κ1) is 15.3. The van der Waals surface area contributed by atoms with E-state index in [1.165, 1.54) is 35.0 Å². The van der Waals surface area contributed by atoms with E-state index in [-0.39, 0.29) is 0 Å². The maximum atomic E-state index is 5.94. The number of rotatable bonds is 4. The fourth-order valence-corrected chi connectivity index (χ4v) is 4.79. The topological polar surface area (TPSA) is 45.4 Å². The van der Waals surface area contributed by atoms with Crippen LogP contribution < -0.4 is 10.6 Å². The molecular weight excluding hydrogens is 280 g/mol. The Labute approximate surface area is 132 Å². The summed E-state index contributed by atoms with van der Waals surface area (Å²) < 4.78 is 0. The molecule has 1 aromatic heterocycles. The maximum absolute atomic E-state index is 5.94. The Morgan fingerprint density at radius 2 is 2.10 bits per heavy atom. The summed E-state index contributed by atoms with van der Waals surface area (Å²) in [4.78, 5) is 11.4. The molecule has 0 amide bonds. The van der Waals surface area contributed by atoms with Crippen LogP contribution in [0.1, 0.15) is 56.0 Å². The van der Waals surface area contributed by atoms with Gasteiger partial charge in [-0.05, 0) is 38.6 Å². The molecule has 2 saturated heterocycles. The Kier molecular flexibility index (Phi) is 4.52. The van der Waals surface area contributed by atoms with Crippen LogP contribution in [0.3, 0.4) is 0 Å². The van der Waals surface area contributed by atoms with Gasteiger partial charge in [-0.15, -0.1) is 11.3 Å². The number of nitrogens with two attached hydrogens (primary N) is 1. The molecule has 0 saturated carbocycles. The van der Waals surface area contributed by atoms with Gasteiger partial charge in [-0.1, -0.05) is 13.8 Å². The van der Waals surface area contributed by atoms with Gasteiger partial charge in [-0.25, -0.2) is 4.98 Å². The predicted molar refractivity (Wildman–Crippen MR) is 90.1 cm³/mol. The van der Waals surface area contributed by atoms with Crippen LogP contribution >= 0.6 is 11.3 Å². The Balaban J connectivity index is 1.82. The molecule has 5 heteroatoms. The number of thiazole rings is 1. The van der Waals surface area contributed by atoms with Crippen LogP contribution in [-0.4, -0.2) is 42.1 Å². The fraction of sp³-hybridized carbons (Fsp3) is 0.812. The van der Waals surface area contributed by atoms with Gasteiger partial charge in [0.05, 0.1) is 5.69 Å². The molecule has 118 valence electrons. The van der Waals surface area contributed by atoms with E-state index in [1.54, 1.807) is 0 Å². The van der Waals surface area contributed by atoms with Gasteiger partial charge in [0.25, 0.3) is 0 Å². The van der Waals surface area contributed by atoms with Gasteiger partial charge in [0.1, 0.15) is 0 Å². The lowest BCUT2D eigenvalue weighted by atomic mass is 10.0. The molecule has 2 aliphatic heterocycles. The minimum absolute atomic E-state index is 0.514. The lowest BCUT2D eigenvalue weighted by Gasteiger charge is -2.25. The summed E-state index contributed by atoms with van der Waals surface area (Å²) in [5.41, 5.74) is 7.18. The molecule has 3 atom stereocenters. The van der Waals surface area contributed by atoms with Crippen molar-refractivity contribution in [1.82, 2.24) is 9.88 Å². The first-order valence-electron chi connectivity index (χ1n) is 8.30. The lowest BCUT2D eigenvalue weighted by Crippen LogP contribution is -2.36. The van der Waals surface area contributed by atoms with Crippen molar-refractivity contribution in [3.8, 4) is 0 Å². The van der Waals surface area contributed by atoms with Crippen LogP contribution in [0.2, 0.25) is 0 Å². The van der Waals surface area contributed by atoms with Crippen LogP contribution in [-0.2, 0) is 6.54 Å². The van der Waals surface area contributed by atoms with E-state index in [2.05, 4.69) is 30.7 Å². The number of anilines is 1. The highest BCUT2D eigenvalue weighted by atomic mass is 32.1. The van der Waals surface area contributed by atoms with Crippen LogP contribution in [0.5, 0.6) is 0 Å². The lowest BCUT2D eigenvalue weighted by molar-refractivity contribution is 0.254. The number of likely N-dealkylation sites (N-methyl/N-ethyl adjacent to an activating group) is 1. The molecule has 0 spiro atoms. The summed E-state index contributed by atoms with van der Waals surface area (Å²) in [7, 11) is 2.30. The highest BCUT2D eigenvalue weighted by Crippen LogP contribution is 2.35. The monoisotopic (exact) mass is 308 g/mol. The van der Waals surface area contributed by atoms with E-state index in [1.807, 2.05) is 11.3 Å². The number of nitrogens with zero attached hydrogens (tertiary/aromatic N) is 3. The molecule has 0 aromatic carbocycles. The van der Waals surface area contributed by atoms with Crippen LogP contribution in [0.4, 0.5) is 5.13 Å². The van der Waals surface area contributed by atoms with E-state index >= 15 is 0 Å². The third kappa shape index (κ3) is 2.83. The van der Waals surface area contributed by atoms with Gasteiger partial charge in [0, 0.05) is 36.6 Å². The van der Waals surface area contributed by atoms with Gasteiger partial charge in [-0.2, -0.15) is 0 Å². The summed E-state index contributed by atoms with van der Waals surface area (Å²) in [5, 5.41) is 1.20. The summed E-state index contributed by atoms with van der Waals surface area (Å²) in [6.07, 6.45) is 5.11. The molecule has 3 unspecified atom stereocenters. The second-order valence-electron chi connectivity index (χ2n) is 6.60. The molecule has 2 aliphatic rings. The van der Waals surface area contributed by atoms with Crippen molar-refractivity contribution in [1.29, 1.82) is 0 Å². The van der Waals surface area contributed by atoms with E-state index in [0.29, 0.717) is 18.5 Å². The van der Waals surface area contributed by atoms with Gasteiger partial charge >= 0.3 is 0 Å². The molecule has 4 nitrogen and oxygen atoms in total. The maximum Gasteiger partial charge on any atom is 0.185 e. The molecule has 21 heavy (non-hydrogen) atoms. The normalized spacial score (nSPS) is 27.9. The van der Waals surface area contributed by atoms with E-state index in [9.17, 15) is 0 Å². The molecular formula is C16H28N4S. The zero-order valence-electron chi connectivity index (χ0n) is 13.5. The smallest absolute Gasteiger partial charge is 0.185 e. The second-order valence-corrected chi connectivity index (χ2v) is 7.67. The van der Waals surface area contributed by atoms with Crippen LogP contribution in [0.25, 0.3) is 0 Å². The van der Waals surface area contributed by atoms with Crippen molar-refractivity contribution in [3.05, 3.63) is 10.6 Å². The molecule has 3 heterocycles. The summed E-state index contributed by atoms with van der Waals surface area (Å²) in [6, 6.07) is 1.48. The van der Waals surface area contributed by atoms with Gasteiger partial charge in [0.2, 0.25) is 0 Å². The Morgan fingerprint density at radius 1 is 1.33 bits per heavy atom. The van der Waals surface area contributed by atoms with Gasteiger partial charge in [0.15, 0.2) is 5.13 Å². The average Bonchev–Trinajstić information content (AvgIpc) is 3.00. The molecule has 0 radical (unpaired) electrons. The number of aromatic nitrogens is 1. The Hall–Kier alpha value is -0.650. The minimum atomic E-state index is 0.514. The van der Waals surface area contributed by atoms with E-state index in [4.69, 9.17) is 10.7 Å². The molecule has 2 bridgehead atoms. The zero-order chi connectivity index (χ0) is 15.0. The number of hydrogen-bond donors (Lipinski definition) is 1. The molecule has 0 aliphatic carbocycles. The first-order valence-corrected chi connectivity index (χ1v) is 9.12. The van der Waals surface area contributed by atoms with E-state index in [0.717, 1.165) is 25.6 Å². The second kappa shape index (κ2) is 6.23. The Morgan fingerprint density at radius 3 is 2.81 bits per heavy atom. The van der Waals surface area contributed by atoms with Gasteiger partial charge < -0.3 is 10.6 Å². The molecule has 3 rings (SSSR count). The standard InChI is InChI=1S/C16H28N4S/c1-4-11(2)15-14(9-17)21-16(18-15)20-8-7-12-5-6-13(10-20)19(12)3/h11-13H,4-10,17H2,1-3H3. The third-order valence-corrected chi connectivity index (χ3v) is 6.55. The van der Waals surface area contributed by atoms with Gasteiger partial charge in [-0.3, -0.25) is 4.90 Å². The summed E-state index contributed by atoms with van der Waals surface area (Å²) >= 11 is 1.82. The summed E-state index contributed by atoms with van der Waals surface area (Å²) in [6.45, 7) is 7.38. The van der Waals surface area contributed by atoms with Crippen molar-refractivity contribution in [2.45, 2.75) is 64.1 Å². The highest BCUT2D eigenvalue weighted by molar-refractivity contribution is 7.15. The predicted octanol–water partition coefficient (Wildman–Crippen LogP) is 2.79. The fourth-order valence-electron chi connectivity index (χ4n) is 3.69. The van der Waals surface area contributed by atoms with Crippen molar-refractivity contribution in [2.24, 2.45) is 5.73 Å². The van der Waals surface area contributed by atoms with Crippen molar-refractivity contribution in [3.63, 3.8) is 0 Å². The van der Waals surface area contributed by atoms with Crippen molar-refractivity contribution in [2.75, 3.05) is 25.0 Å². The van der Waals surface area contributed by atoms with E-state index < -0.39 is 0 Å². The van der Waals surface area contributed by atoms with Crippen LogP contribution in [0.15, 0.2) is 0 Å². The molecule has 2 N–H and O–H groups in total. The SMILES string of the molecule is CCC(C)c1nc(N2CCC3CCC(C2)N3C)sc1CN. The van der Waals surface area contributed by atoms with Crippen molar-refractivity contribution < 1.29 is 0 Å². The number of hydrogen-bond acceptors (Lipinski definition) is 5. The first-order chi connectivity index (χ1) is 10.1. The summed E-state index contributed by atoms with van der Waals surface area (Å²) in [5.74, 6) is 0.514. The Bertz CT molecular complexity index is 487. The molecule has 2 fully saturated rings. The molecule has 1 aromatic rings. The highest BCUT2D eigenvalue weighted by Gasteiger charge is 2.35. The minimum Gasteiger partial charge on any atom is -0.346 e.